The Morgan fingerprint density at radius 1 is 0.710 bits per heavy atom. The Balaban J connectivity index is 1.71. The predicted octanol–water partition coefficient (Wildman–Crippen LogP) is 5.40. The molecule has 1 heterocycles. The van der Waals surface area contributed by atoms with Crippen LogP contribution in [0.5, 0.6) is 17.5 Å². The number of methoxy groups -OCH3 is 2. The molecule has 1 aromatic heterocycles. The zero-order valence-electron chi connectivity index (χ0n) is 17.1. The lowest BCUT2D eigenvalue weighted by Crippen LogP contribution is -2.01. The highest BCUT2D eigenvalue weighted by molar-refractivity contribution is 5.89. The Kier molecular flexibility index (Phi) is 5.89. The first-order valence-corrected chi connectivity index (χ1v) is 9.61. The van der Waals surface area contributed by atoms with E-state index in [2.05, 4.69) is 9.97 Å². The first-order valence-electron chi connectivity index (χ1n) is 9.61. The SMILES string of the molecule is COC(=O)c1ccc(Oc2nc(-c3ccccc3)cc(-c3ccc(OC)cc3)n2)cc1. The zero-order valence-corrected chi connectivity index (χ0v) is 17.1. The van der Waals surface area contributed by atoms with Crippen LogP contribution in [0.3, 0.4) is 0 Å². The van der Waals surface area contributed by atoms with Crippen molar-refractivity contribution < 1.29 is 19.0 Å². The molecule has 0 atom stereocenters. The first kappa shape index (κ1) is 20.1. The van der Waals surface area contributed by atoms with Crippen molar-refractivity contribution in [3.8, 4) is 40.0 Å². The van der Waals surface area contributed by atoms with Gasteiger partial charge in [-0.25, -0.2) is 4.79 Å². The fourth-order valence-electron chi connectivity index (χ4n) is 3.02. The first-order chi connectivity index (χ1) is 15.2. The summed E-state index contributed by atoms with van der Waals surface area (Å²) in [6.07, 6.45) is 0. The predicted molar refractivity (Wildman–Crippen MR) is 117 cm³/mol. The van der Waals surface area contributed by atoms with E-state index < -0.39 is 5.97 Å². The van der Waals surface area contributed by atoms with Crippen LogP contribution in [0.15, 0.2) is 84.9 Å². The molecule has 0 amide bonds. The quantitative estimate of drug-likeness (QED) is 0.395. The molecule has 0 aliphatic heterocycles. The van der Waals surface area contributed by atoms with Crippen molar-refractivity contribution in [3.63, 3.8) is 0 Å². The van der Waals surface area contributed by atoms with E-state index in [4.69, 9.17) is 14.2 Å². The number of esters is 1. The molecule has 4 aromatic rings. The number of ether oxygens (including phenoxy) is 3. The van der Waals surface area contributed by atoms with Gasteiger partial charge in [0.05, 0.1) is 31.2 Å². The normalized spacial score (nSPS) is 10.4. The second-order valence-corrected chi connectivity index (χ2v) is 6.63. The van der Waals surface area contributed by atoms with Crippen LogP contribution in [0.4, 0.5) is 0 Å². The van der Waals surface area contributed by atoms with E-state index >= 15 is 0 Å². The molecule has 0 radical (unpaired) electrons. The monoisotopic (exact) mass is 412 g/mol. The molecule has 0 N–H and O–H groups in total. The van der Waals surface area contributed by atoms with Crippen LogP contribution in [0.2, 0.25) is 0 Å². The van der Waals surface area contributed by atoms with E-state index in [9.17, 15) is 4.79 Å². The smallest absolute Gasteiger partial charge is 0.337 e. The molecule has 6 nitrogen and oxygen atoms in total. The Labute approximate surface area is 180 Å². The summed E-state index contributed by atoms with van der Waals surface area (Å²) in [5.74, 6) is 0.873. The average molecular weight is 412 g/mol. The van der Waals surface area contributed by atoms with Crippen molar-refractivity contribution in [2.45, 2.75) is 0 Å². The van der Waals surface area contributed by atoms with Gasteiger partial charge in [-0.1, -0.05) is 30.3 Å². The molecule has 0 unspecified atom stereocenters. The molecule has 31 heavy (non-hydrogen) atoms. The van der Waals surface area contributed by atoms with Gasteiger partial charge in [0.15, 0.2) is 0 Å². The second-order valence-electron chi connectivity index (χ2n) is 6.63. The topological polar surface area (TPSA) is 70.5 Å². The maximum atomic E-state index is 11.6. The van der Waals surface area contributed by atoms with Crippen molar-refractivity contribution in [2.75, 3.05) is 14.2 Å². The number of carbonyl (C=O) groups excluding carboxylic acids is 1. The number of hydrogen-bond acceptors (Lipinski definition) is 6. The van der Waals surface area contributed by atoms with Crippen molar-refractivity contribution in [1.29, 1.82) is 0 Å². The minimum absolute atomic E-state index is 0.206. The van der Waals surface area contributed by atoms with Gasteiger partial charge in [0.25, 0.3) is 0 Å². The maximum Gasteiger partial charge on any atom is 0.337 e. The molecule has 0 spiro atoms. The van der Waals surface area contributed by atoms with Crippen LogP contribution in [-0.4, -0.2) is 30.2 Å². The third-order valence-electron chi connectivity index (χ3n) is 4.65. The molecule has 0 fully saturated rings. The third kappa shape index (κ3) is 4.70. The summed E-state index contributed by atoms with van der Waals surface area (Å²) in [5.41, 5.74) is 3.75. The zero-order chi connectivity index (χ0) is 21.6. The fourth-order valence-corrected chi connectivity index (χ4v) is 3.02. The van der Waals surface area contributed by atoms with Crippen LogP contribution < -0.4 is 9.47 Å². The van der Waals surface area contributed by atoms with Crippen LogP contribution in [0.1, 0.15) is 10.4 Å². The van der Waals surface area contributed by atoms with Crippen LogP contribution >= 0.6 is 0 Å². The third-order valence-corrected chi connectivity index (χ3v) is 4.65. The van der Waals surface area contributed by atoms with E-state index in [1.165, 1.54) is 7.11 Å². The molecule has 3 aromatic carbocycles. The molecule has 0 saturated heterocycles. The van der Waals surface area contributed by atoms with Gasteiger partial charge in [-0.3, -0.25) is 0 Å². The molecule has 0 aliphatic carbocycles. The minimum Gasteiger partial charge on any atom is -0.497 e. The Morgan fingerprint density at radius 2 is 1.29 bits per heavy atom. The second kappa shape index (κ2) is 9.09. The van der Waals surface area contributed by atoms with Gasteiger partial charge in [-0.05, 0) is 54.6 Å². The summed E-state index contributed by atoms with van der Waals surface area (Å²) in [6.45, 7) is 0. The fraction of sp³-hybridized carbons (Fsp3) is 0.0800. The van der Waals surface area contributed by atoms with Gasteiger partial charge in [0.1, 0.15) is 11.5 Å². The number of rotatable bonds is 6. The molecular weight excluding hydrogens is 392 g/mol. The highest BCUT2D eigenvalue weighted by atomic mass is 16.5. The summed E-state index contributed by atoms with van der Waals surface area (Å²) in [4.78, 5) is 20.8. The average Bonchev–Trinajstić information content (AvgIpc) is 2.84. The molecule has 0 saturated carbocycles. The van der Waals surface area contributed by atoms with E-state index in [-0.39, 0.29) is 6.01 Å². The van der Waals surface area contributed by atoms with Crippen LogP contribution in [0, 0.1) is 0 Å². The summed E-state index contributed by atoms with van der Waals surface area (Å²) >= 11 is 0. The molecular formula is C25H20N2O4. The molecule has 0 bridgehead atoms. The van der Waals surface area contributed by atoms with Crippen molar-refractivity contribution in [1.82, 2.24) is 9.97 Å². The summed E-state index contributed by atoms with van der Waals surface area (Å²) in [7, 11) is 2.97. The Bertz CT molecular complexity index is 1170. The molecule has 154 valence electrons. The molecule has 0 aliphatic rings. The summed E-state index contributed by atoms with van der Waals surface area (Å²) < 4.78 is 15.9. The van der Waals surface area contributed by atoms with Crippen LogP contribution in [-0.2, 0) is 4.74 Å². The van der Waals surface area contributed by atoms with E-state index in [1.54, 1.807) is 31.4 Å². The Hall–Kier alpha value is -4.19. The maximum absolute atomic E-state index is 11.6. The number of benzene rings is 3. The highest BCUT2D eigenvalue weighted by Gasteiger charge is 2.12. The number of nitrogens with zero attached hydrogens (tertiary/aromatic N) is 2. The van der Waals surface area contributed by atoms with Crippen molar-refractivity contribution in [2.24, 2.45) is 0 Å². The van der Waals surface area contributed by atoms with Crippen molar-refractivity contribution >= 4 is 5.97 Å². The summed E-state index contributed by atoms with van der Waals surface area (Å²) in [6, 6.07) is 26.2. The van der Waals surface area contributed by atoms with Gasteiger partial charge in [0.2, 0.25) is 0 Å². The number of carbonyl (C=O) groups is 1. The largest absolute Gasteiger partial charge is 0.497 e. The number of hydrogen-bond donors (Lipinski definition) is 0. The van der Waals surface area contributed by atoms with E-state index in [0.717, 1.165) is 28.3 Å². The minimum atomic E-state index is -0.407. The lowest BCUT2D eigenvalue weighted by Gasteiger charge is -2.10. The van der Waals surface area contributed by atoms with E-state index in [1.807, 2.05) is 60.7 Å². The number of aromatic nitrogens is 2. The van der Waals surface area contributed by atoms with E-state index in [0.29, 0.717) is 11.3 Å². The van der Waals surface area contributed by atoms with Gasteiger partial charge in [0, 0.05) is 11.1 Å². The van der Waals surface area contributed by atoms with Gasteiger partial charge >= 0.3 is 12.0 Å². The summed E-state index contributed by atoms with van der Waals surface area (Å²) in [5, 5.41) is 0. The standard InChI is InChI=1S/C25H20N2O4/c1-29-20-12-8-18(9-13-20)23-16-22(17-6-4-3-5-7-17)26-25(27-23)31-21-14-10-19(11-15-21)24(28)30-2/h3-16H,1-2H3. The lowest BCUT2D eigenvalue weighted by atomic mass is 10.1. The van der Waals surface area contributed by atoms with Gasteiger partial charge in [-0.2, -0.15) is 9.97 Å². The van der Waals surface area contributed by atoms with Crippen molar-refractivity contribution in [3.05, 3.63) is 90.5 Å². The molecule has 4 rings (SSSR count). The van der Waals surface area contributed by atoms with Gasteiger partial charge in [-0.15, -0.1) is 0 Å². The van der Waals surface area contributed by atoms with Gasteiger partial charge < -0.3 is 14.2 Å². The Morgan fingerprint density at radius 3 is 1.87 bits per heavy atom. The highest BCUT2D eigenvalue weighted by Crippen LogP contribution is 2.29. The lowest BCUT2D eigenvalue weighted by molar-refractivity contribution is 0.0600. The molecule has 6 heteroatoms. The van der Waals surface area contributed by atoms with Crippen LogP contribution in [0.25, 0.3) is 22.5 Å².